The molecule has 0 aliphatic carbocycles. The molecule has 0 fully saturated rings. The number of hydrogen-bond acceptors (Lipinski definition) is 3. The number of benzene rings is 2. The fourth-order valence-electron chi connectivity index (χ4n) is 1.95. The fraction of sp³-hybridized carbons (Fsp3) is 0.111. The Kier molecular flexibility index (Phi) is 6.18. The zero-order chi connectivity index (χ0) is 16.7. The first kappa shape index (κ1) is 17.0. The van der Waals surface area contributed by atoms with Gasteiger partial charge in [-0.15, -0.1) is 0 Å². The van der Waals surface area contributed by atoms with Crippen LogP contribution in [0.3, 0.4) is 0 Å². The Labute approximate surface area is 149 Å². The first-order chi connectivity index (χ1) is 11.1. The molecule has 0 saturated carbocycles. The summed E-state index contributed by atoms with van der Waals surface area (Å²) in [4.78, 5) is 12.2. The average molecular weight is 417 g/mol. The van der Waals surface area contributed by atoms with Gasteiger partial charge in [-0.2, -0.15) is 5.26 Å². The summed E-state index contributed by atoms with van der Waals surface area (Å²) >= 11 is 2.22. The van der Waals surface area contributed by atoms with Crippen LogP contribution in [0.1, 0.15) is 18.5 Å². The van der Waals surface area contributed by atoms with Gasteiger partial charge in [0.15, 0.2) is 0 Å². The minimum atomic E-state index is -0.401. The number of nitrogens with zero attached hydrogens (tertiary/aromatic N) is 1. The quantitative estimate of drug-likeness (QED) is 0.440. The lowest BCUT2D eigenvalue weighted by Gasteiger charge is -2.13. The standard InChI is InChI=1S/C18H16IN3O/c1-13(14-5-3-2-4-6-14)22-18(23)15(11-20)12-21-17-9-7-16(19)8-10-17/h2-10,12-13,21H,1H3,(H,22,23)/b15-12-. The van der Waals surface area contributed by atoms with Crippen LogP contribution in [-0.2, 0) is 4.79 Å². The van der Waals surface area contributed by atoms with Crippen LogP contribution in [0, 0.1) is 14.9 Å². The van der Waals surface area contributed by atoms with Gasteiger partial charge in [0.25, 0.3) is 5.91 Å². The van der Waals surface area contributed by atoms with Crippen molar-refractivity contribution in [2.24, 2.45) is 0 Å². The van der Waals surface area contributed by atoms with Crippen LogP contribution in [0.25, 0.3) is 0 Å². The molecular weight excluding hydrogens is 401 g/mol. The van der Waals surface area contributed by atoms with Gasteiger partial charge in [-0.3, -0.25) is 4.79 Å². The van der Waals surface area contributed by atoms with Gasteiger partial charge in [0, 0.05) is 15.5 Å². The maximum Gasteiger partial charge on any atom is 0.263 e. The molecule has 1 unspecified atom stereocenters. The molecule has 2 N–H and O–H groups in total. The lowest BCUT2D eigenvalue weighted by Crippen LogP contribution is -2.28. The molecule has 1 atom stereocenters. The SMILES string of the molecule is CC(NC(=O)/C(C#N)=C\Nc1ccc(I)cc1)c1ccccc1. The normalized spacial score (nSPS) is 12.1. The van der Waals surface area contributed by atoms with Crippen LogP contribution in [0.15, 0.2) is 66.4 Å². The minimum absolute atomic E-state index is 0.0336. The summed E-state index contributed by atoms with van der Waals surface area (Å²) < 4.78 is 1.12. The van der Waals surface area contributed by atoms with E-state index in [2.05, 4.69) is 33.2 Å². The third kappa shape index (κ3) is 5.11. The van der Waals surface area contributed by atoms with Crippen molar-refractivity contribution in [1.29, 1.82) is 5.26 Å². The third-order valence-electron chi connectivity index (χ3n) is 3.24. The molecule has 2 aromatic rings. The molecule has 0 aliphatic heterocycles. The fourth-order valence-corrected chi connectivity index (χ4v) is 2.31. The molecule has 0 saturated heterocycles. The highest BCUT2D eigenvalue weighted by Gasteiger charge is 2.13. The highest BCUT2D eigenvalue weighted by atomic mass is 127. The predicted molar refractivity (Wildman–Crippen MR) is 99.5 cm³/mol. The highest BCUT2D eigenvalue weighted by molar-refractivity contribution is 14.1. The molecule has 4 nitrogen and oxygen atoms in total. The number of nitriles is 1. The van der Waals surface area contributed by atoms with Crippen LogP contribution in [0.4, 0.5) is 5.69 Å². The van der Waals surface area contributed by atoms with Gasteiger partial charge in [-0.1, -0.05) is 30.3 Å². The largest absolute Gasteiger partial charge is 0.360 e. The van der Waals surface area contributed by atoms with E-state index in [1.54, 1.807) is 0 Å². The first-order valence-corrected chi connectivity index (χ1v) is 8.16. The molecule has 0 aliphatic rings. The lowest BCUT2D eigenvalue weighted by atomic mass is 10.1. The van der Waals surface area contributed by atoms with E-state index in [9.17, 15) is 10.1 Å². The van der Waals surface area contributed by atoms with E-state index in [0.717, 1.165) is 14.8 Å². The van der Waals surface area contributed by atoms with Gasteiger partial charge in [-0.25, -0.2) is 0 Å². The summed E-state index contributed by atoms with van der Waals surface area (Å²) in [5, 5.41) is 15.0. The summed E-state index contributed by atoms with van der Waals surface area (Å²) in [6.07, 6.45) is 1.43. The Morgan fingerprint density at radius 3 is 2.43 bits per heavy atom. The Morgan fingerprint density at radius 1 is 1.17 bits per heavy atom. The van der Waals surface area contributed by atoms with Crippen molar-refractivity contribution in [3.05, 3.63) is 75.5 Å². The second kappa shape index (κ2) is 8.34. The molecule has 2 rings (SSSR count). The van der Waals surface area contributed by atoms with Crippen LogP contribution >= 0.6 is 22.6 Å². The number of anilines is 1. The van der Waals surface area contributed by atoms with E-state index in [1.165, 1.54) is 6.20 Å². The Morgan fingerprint density at radius 2 is 1.83 bits per heavy atom. The molecule has 23 heavy (non-hydrogen) atoms. The number of carbonyl (C=O) groups excluding carboxylic acids is 1. The minimum Gasteiger partial charge on any atom is -0.360 e. The van der Waals surface area contributed by atoms with E-state index in [1.807, 2.05) is 67.6 Å². The Bertz CT molecular complexity index is 733. The molecule has 0 aromatic heterocycles. The summed E-state index contributed by atoms with van der Waals surface area (Å²) in [7, 11) is 0. The van der Waals surface area contributed by atoms with Crippen LogP contribution in [0.2, 0.25) is 0 Å². The van der Waals surface area contributed by atoms with Gasteiger partial charge in [0.2, 0.25) is 0 Å². The van der Waals surface area contributed by atoms with Crippen molar-refractivity contribution in [3.8, 4) is 6.07 Å². The number of amides is 1. The maximum atomic E-state index is 12.2. The van der Waals surface area contributed by atoms with Crippen LogP contribution in [-0.4, -0.2) is 5.91 Å². The van der Waals surface area contributed by atoms with E-state index in [-0.39, 0.29) is 11.6 Å². The van der Waals surface area contributed by atoms with Gasteiger partial charge in [-0.05, 0) is 59.3 Å². The molecular formula is C18H16IN3O. The summed E-state index contributed by atoms with van der Waals surface area (Å²) in [6.45, 7) is 1.88. The molecule has 0 radical (unpaired) electrons. The van der Waals surface area contributed by atoms with Crippen molar-refractivity contribution >= 4 is 34.2 Å². The van der Waals surface area contributed by atoms with E-state index in [0.29, 0.717) is 0 Å². The van der Waals surface area contributed by atoms with Crippen molar-refractivity contribution in [2.75, 3.05) is 5.32 Å². The first-order valence-electron chi connectivity index (χ1n) is 7.08. The summed E-state index contributed by atoms with van der Waals surface area (Å²) in [5.41, 5.74) is 1.84. The number of hydrogen-bond donors (Lipinski definition) is 2. The Hall–Kier alpha value is -2.33. The maximum absolute atomic E-state index is 12.2. The average Bonchev–Trinajstić information content (AvgIpc) is 2.58. The predicted octanol–water partition coefficient (Wildman–Crippen LogP) is 3.99. The van der Waals surface area contributed by atoms with Crippen molar-refractivity contribution < 1.29 is 4.79 Å². The van der Waals surface area contributed by atoms with Crippen LogP contribution in [0.5, 0.6) is 0 Å². The molecule has 1 amide bonds. The number of nitrogens with one attached hydrogen (secondary N) is 2. The molecule has 0 bridgehead atoms. The van der Waals surface area contributed by atoms with Gasteiger partial charge in [0.1, 0.15) is 11.6 Å². The molecule has 116 valence electrons. The Balaban J connectivity index is 2.02. The second-order valence-corrected chi connectivity index (χ2v) is 6.17. The number of halogens is 1. The van der Waals surface area contributed by atoms with Crippen LogP contribution < -0.4 is 10.6 Å². The number of carbonyl (C=O) groups is 1. The zero-order valence-electron chi connectivity index (χ0n) is 12.6. The number of rotatable bonds is 5. The summed E-state index contributed by atoms with van der Waals surface area (Å²) in [5.74, 6) is -0.401. The monoisotopic (exact) mass is 417 g/mol. The van der Waals surface area contributed by atoms with E-state index >= 15 is 0 Å². The molecule has 2 aromatic carbocycles. The molecule has 5 heteroatoms. The topological polar surface area (TPSA) is 64.9 Å². The molecule has 0 heterocycles. The van der Waals surface area contributed by atoms with Crippen molar-refractivity contribution in [2.45, 2.75) is 13.0 Å². The van der Waals surface area contributed by atoms with E-state index < -0.39 is 5.91 Å². The van der Waals surface area contributed by atoms with Crippen molar-refractivity contribution in [3.63, 3.8) is 0 Å². The second-order valence-electron chi connectivity index (χ2n) is 4.93. The smallest absolute Gasteiger partial charge is 0.263 e. The van der Waals surface area contributed by atoms with Gasteiger partial charge >= 0.3 is 0 Å². The van der Waals surface area contributed by atoms with E-state index in [4.69, 9.17) is 0 Å². The summed E-state index contributed by atoms with van der Waals surface area (Å²) in [6, 6.07) is 19.0. The van der Waals surface area contributed by atoms with Crippen molar-refractivity contribution in [1.82, 2.24) is 5.32 Å². The van der Waals surface area contributed by atoms with Gasteiger partial charge < -0.3 is 10.6 Å². The molecule has 0 spiro atoms. The lowest BCUT2D eigenvalue weighted by molar-refractivity contribution is -0.117. The highest BCUT2D eigenvalue weighted by Crippen LogP contribution is 2.13. The van der Waals surface area contributed by atoms with Gasteiger partial charge in [0.05, 0.1) is 6.04 Å². The third-order valence-corrected chi connectivity index (χ3v) is 3.96. The zero-order valence-corrected chi connectivity index (χ0v) is 14.7.